The monoisotopic (exact) mass is 245 g/mol. The SMILES string of the molecule is Cc1cc2c(N(C)CC(C)O)ccc(N)c2cn1. The lowest BCUT2D eigenvalue weighted by atomic mass is 10.1. The van der Waals surface area contributed by atoms with Crippen molar-refractivity contribution in [3.05, 3.63) is 30.1 Å². The standard InChI is InChI=1S/C14H19N3O/c1-9-6-11-12(7-16-9)13(15)4-5-14(11)17(3)8-10(2)18/h4-7,10,18H,8,15H2,1-3H3. The summed E-state index contributed by atoms with van der Waals surface area (Å²) >= 11 is 0. The maximum Gasteiger partial charge on any atom is 0.0686 e. The highest BCUT2D eigenvalue weighted by molar-refractivity contribution is 6.01. The van der Waals surface area contributed by atoms with Gasteiger partial charge in [0.25, 0.3) is 0 Å². The number of fused-ring (bicyclic) bond motifs is 1. The summed E-state index contributed by atoms with van der Waals surface area (Å²) in [6.07, 6.45) is 1.44. The molecule has 18 heavy (non-hydrogen) atoms. The van der Waals surface area contributed by atoms with Crippen molar-refractivity contribution in [2.45, 2.75) is 20.0 Å². The molecule has 2 rings (SSSR count). The molecule has 0 radical (unpaired) electrons. The second-order valence-corrected chi connectivity index (χ2v) is 4.77. The van der Waals surface area contributed by atoms with E-state index >= 15 is 0 Å². The van der Waals surface area contributed by atoms with Gasteiger partial charge in [-0.2, -0.15) is 0 Å². The van der Waals surface area contributed by atoms with E-state index in [2.05, 4.69) is 4.98 Å². The summed E-state index contributed by atoms with van der Waals surface area (Å²) in [6, 6.07) is 5.90. The molecule has 0 aliphatic rings. The normalized spacial score (nSPS) is 12.7. The number of nitrogens with two attached hydrogens (primary N) is 1. The molecular weight excluding hydrogens is 226 g/mol. The third-order valence-corrected chi connectivity index (χ3v) is 3.00. The molecule has 96 valence electrons. The maximum atomic E-state index is 9.49. The lowest BCUT2D eigenvalue weighted by Gasteiger charge is -2.23. The van der Waals surface area contributed by atoms with Gasteiger partial charge < -0.3 is 15.7 Å². The van der Waals surface area contributed by atoms with Crippen molar-refractivity contribution in [3.8, 4) is 0 Å². The summed E-state index contributed by atoms with van der Waals surface area (Å²) in [6.45, 7) is 4.32. The quantitative estimate of drug-likeness (QED) is 0.811. The fourth-order valence-electron chi connectivity index (χ4n) is 2.18. The van der Waals surface area contributed by atoms with Crippen molar-refractivity contribution in [1.82, 2.24) is 4.98 Å². The van der Waals surface area contributed by atoms with Gasteiger partial charge in [0.1, 0.15) is 0 Å². The van der Waals surface area contributed by atoms with Gasteiger partial charge >= 0.3 is 0 Å². The fraction of sp³-hybridized carbons (Fsp3) is 0.357. The highest BCUT2D eigenvalue weighted by Gasteiger charge is 2.10. The van der Waals surface area contributed by atoms with E-state index in [1.54, 1.807) is 13.1 Å². The van der Waals surface area contributed by atoms with E-state index in [4.69, 9.17) is 5.73 Å². The first-order valence-electron chi connectivity index (χ1n) is 6.03. The van der Waals surface area contributed by atoms with Crippen LogP contribution in [0.25, 0.3) is 10.8 Å². The van der Waals surface area contributed by atoms with Crippen molar-refractivity contribution < 1.29 is 5.11 Å². The molecule has 0 fully saturated rings. The van der Waals surface area contributed by atoms with Gasteiger partial charge in [0.2, 0.25) is 0 Å². The van der Waals surface area contributed by atoms with Crippen LogP contribution in [0.4, 0.5) is 11.4 Å². The Morgan fingerprint density at radius 3 is 2.78 bits per heavy atom. The second kappa shape index (κ2) is 4.82. The number of hydrogen-bond donors (Lipinski definition) is 2. The zero-order chi connectivity index (χ0) is 13.3. The Hall–Kier alpha value is -1.81. The summed E-state index contributed by atoms with van der Waals surface area (Å²) in [5.74, 6) is 0. The number of hydrogen-bond acceptors (Lipinski definition) is 4. The Bertz CT molecular complexity index is 566. The van der Waals surface area contributed by atoms with Crippen LogP contribution >= 0.6 is 0 Å². The van der Waals surface area contributed by atoms with E-state index in [0.29, 0.717) is 6.54 Å². The van der Waals surface area contributed by atoms with E-state index in [0.717, 1.165) is 27.8 Å². The number of aromatic nitrogens is 1. The molecule has 0 saturated heterocycles. The summed E-state index contributed by atoms with van der Waals surface area (Å²) in [5.41, 5.74) is 8.72. The van der Waals surface area contributed by atoms with Gasteiger partial charge in [-0.15, -0.1) is 0 Å². The molecule has 1 unspecified atom stereocenters. The first-order chi connectivity index (χ1) is 8.49. The fourth-order valence-corrected chi connectivity index (χ4v) is 2.18. The zero-order valence-corrected chi connectivity index (χ0v) is 11.0. The smallest absolute Gasteiger partial charge is 0.0686 e. The zero-order valence-electron chi connectivity index (χ0n) is 11.0. The van der Waals surface area contributed by atoms with Crippen LogP contribution in [-0.2, 0) is 0 Å². The molecule has 0 aliphatic heterocycles. The number of aliphatic hydroxyl groups is 1. The molecule has 4 heteroatoms. The molecular formula is C14H19N3O. The number of aliphatic hydroxyl groups excluding tert-OH is 1. The third kappa shape index (κ3) is 2.38. The number of likely N-dealkylation sites (N-methyl/N-ethyl adjacent to an activating group) is 1. The molecule has 0 spiro atoms. The third-order valence-electron chi connectivity index (χ3n) is 3.00. The van der Waals surface area contributed by atoms with Crippen LogP contribution in [0, 0.1) is 6.92 Å². The lowest BCUT2D eigenvalue weighted by molar-refractivity contribution is 0.202. The number of aryl methyl sites for hydroxylation is 1. The van der Waals surface area contributed by atoms with Crippen LogP contribution < -0.4 is 10.6 Å². The highest BCUT2D eigenvalue weighted by atomic mass is 16.3. The van der Waals surface area contributed by atoms with Gasteiger partial charge in [0, 0.05) is 47.6 Å². The Balaban J connectivity index is 2.57. The molecule has 0 aliphatic carbocycles. The molecule has 4 nitrogen and oxygen atoms in total. The Labute approximate surface area is 107 Å². The van der Waals surface area contributed by atoms with E-state index < -0.39 is 0 Å². The largest absolute Gasteiger partial charge is 0.398 e. The number of anilines is 2. The minimum Gasteiger partial charge on any atom is -0.398 e. The molecule has 0 amide bonds. The van der Waals surface area contributed by atoms with E-state index in [9.17, 15) is 5.11 Å². The first kappa shape index (κ1) is 12.6. The van der Waals surface area contributed by atoms with Crippen LogP contribution in [0.1, 0.15) is 12.6 Å². The minimum absolute atomic E-state index is 0.370. The van der Waals surface area contributed by atoms with Crippen molar-refractivity contribution in [2.24, 2.45) is 0 Å². The molecule has 1 atom stereocenters. The van der Waals surface area contributed by atoms with Gasteiger partial charge in [-0.05, 0) is 32.0 Å². The number of nitrogen functional groups attached to an aromatic ring is 1. The maximum absolute atomic E-state index is 9.49. The molecule has 1 heterocycles. The first-order valence-corrected chi connectivity index (χ1v) is 6.03. The number of benzene rings is 1. The summed E-state index contributed by atoms with van der Waals surface area (Å²) in [4.78, 5) is 6.32. The van der Waals surface area contributed by atoms with Crippen LogP contribution in [0.2, 0.25) is 0 Å². The van der Waals surface area contributed by atoms with E-state index in [-0.39, 0.29) is 6.10 Å². The van der Waals surface area contributed by atoms with Gasteiger partial charge in [0.15, 0.2) is 0 Å². The highest BCUT2D eigenvalue weighted by Crippen LogP contribution is 2.30. The Morgan fingerprint density at radius 1 is 1.39 bits per heavy atom. The summed E-state index contributed by atoms with van der Waals surface area (Å²) in [7, 11) is 1.97. The van der Waals surface area contributed by atoms with E-state index in [1.807, 2.05) is 37.1 Å². The van der Waals surface area contributed by atoms with Gasteiger partial charge in [-0.25, -0.2) is 0 Å². The second-order valence-electron chi connectivity index (χ2n) is 4.77. The molecule has 0 bridgehead atoms. The van der Waals surface area contributed by atoms with Crippen molar-refractivity contribution >= 4 is 22.1 Å². The average molecular weight is 245 g/mol. The molecule has 3 N–H and O–H groups in total. The van der Waals surface area contributed by atoms with Gasteiger partial charge in [-0.3, -0.25) is 4.98 Å². The average Bonchev–Trinajstić information content (AvgIpc) is 2.28. The van der Waals surface area contributed by atoms with Crippen LogP contribution in [0.15, 0.2) is 24.4 Å². The number of pyridine rings is 1. The summed E-state index contributed by atoms with van der Waals surface area (Å²) < 4.78 is 0. The molecule has 0 saturated carbocycles. The predicted octanol–water partition coefficient (Wildman–Crippen LogP) is 1.94. The summed E-state index contributed by atoms with van der Waals surface area (Å²) in [5, 5.41) is 11.5. The van der Waals surface area contributed by atoms with Gasteiger partial charge in [-0.1, -0.05) is 0 Å². The molecule has 2 aromatic rings. The van der Waals surface area contributed by atoms with Gasteiger partial charge in [0.05, 0.1) is 6.10 Å². The van der Waals surface area contributed by atoms with Crippen molar-refractivity contribution in [2.75, 3.05) is 24.2 Å². The Morgan fingerprint density at radius 2 is 2.11 bits per heavy atom. The van der Waals surface area contributed by atoms with Crippen LogP contribution in [0.3, 0.4) is 0 Å². The van der Waals surface area contributed by atoms with Crippen LogP contribution in [0.5, 0.6) is 0 Å². The van der Waals surface area contributed by atoms with E-state index in [1.165, 1.54) is 0 Å². The number of rotatable bonds is 3. The lowest BCUT2D eigenvalue weighted by Crippen LogP contribution is -2.27. The van der Waals surface area contributed by atoms with Crippen molar-refractivity contribution in [3.63, 3.8) is 0 Å². The molecule has 1 aromatic heterocycles. The van der Waals surface area contributed by atoms with Crippen LogP contribution in [-0.4, -0.2) is 29.8 Å². The predicted molar refractivity (Wildman–Crippen MR) is 75.8 cm³/mol. The molecule has 1 aromatic carbocycles. The Kier molecular flexibility index (Phi) is 3.39. The topological polar surface area (TPSA) is 62.4 Å². The van der Waals surface area contributed by atoms with Crippen molar-refractivity contribution in [1.29, 1.82) is 0 Å². The minimum atomic E-state index is -0.370. The number of nitrogens with zero attached hydrogens (tertiary/aromatic N) is 2.